The van der Waals surface area contributed by atoms with E-state index in [0.717, 1.165) is 17.7 Å². The average molecular weight is 339 g/mol. The van der Waals surface area contributed by atoms with Gasteiger partial charge in [-0.1, -0.05) is 49.8 Å². The maximum absolute atomic E-state index is 12.0. The molecule has 0 aliphatic heterocycles. The Kier molecular flexibility index (Phi) is 6.65. The number of amides is 1. The average Bonchev–Trinajstić information content (AvgIpc) is 2.50. The predicted octanol–water partition coefficient (Wildman–Crippen LogP) is 4.82. The van der Waals surface area contributed by atoms with Crippen molar-refractivity contribution in [1.82, 2.24) is 5.32 Å². The second-order valence-electron chi connectivity index (χ2n) is 6.00. The molecule has 22 heavy (non-hydrogen) atoms. The van der Waals surface area contributed by atoms with Crippen LogP contribution in [0.25, 0.3) is 0 Å². The predicted molar refractivity (Wildman–Crippen MR) is 96.4 cm³/mol. The smallest absolute Gasteiger partial charge is 0.226 e. The second kappa shape index (κ2) is 8.49. The molecule has 1 amide bonds. The Hall–Kier alpha value is -1.13. The number of aryl methyl sites for hydroxylation is 1. The second-order valence-corrected chi connectivity index (χ2v) is 6.85. The van der Waals surface area contributed by atoms with E-state index in [9.17, 15) is 4.79 Å². The van der Waals surface area contributed by atoms with Crippen LogP contribution in [0, 0.1) is 12.8 Å². The molecule has 0 aromatic heterocycles. The number of anilines is 1. The zero-order valence-electron chi connectivity index (χ0n) is 13.0. The van der Waals surface area contributed by atoms with E-state index >= 15 is 0 Å². The minimum Gasteiger partial charge on any atom is -0.332 e. The number of thiocarbonyl (C=S) groups is 1. The Labute approximate surface area is 142 Å². The molecule has 0 heterocycles. The summed E-state index contributed by atoms with van der Waals surface area (Å²) in [5, 5.41) is 6.76. The zero-order valence-corrected chi connectivity index (χ0v) is 14.5. The number of nitrogens with one attached hydrogen (secondary N) is 2. The van der Waals surface area contributed by atoms with Crippen molar-refractivity contribution in [2.24, 2.45) is 5.92 Å². The van der Waals surface area contributed by atoms with Crippen molar-refractivity contribution in [3.05, 3.63) is 28.8 Å². The third-order valence-corrected chi connectivity index (χ3v) is 4.64. The SMILES string of the molecule is Cc1ccc(Cl)cc1NC(=S)NC(=O)CCC1CCCCC1. The molecule has 1 aliphatic rings. The van der Waals surface area contributed by atoms with Crippen molar-refractivity contribution in [3.63, 3.8) is 0 Å². The van der Waals surface area contributed by atoms with Crippen LogP contribution in [-0.2, 0) is 4.79 Å². The first kappa shape index (κ1) is 17.2. The minimum atomic E-state index is -0.0113. The molecule has 0 bridgehead atoms. The molecule has 2 N–H and O–H groups in total. The fourth-order valence-electron chi connectivity index (χ4n) is 2.88. The number of benzene rings is 1. The van der Waals surface area contributed by atoms with Crippen molar-refractivity contribution < 1.29 is 4.79 Å². The monoisotopic (exact) mass is 338 g/mol. The van der Waals surface area contributed by atoms with E-state index in [4.69, 9.17) is 23.8 Å². The Balaban J connectivity index is 1.76. The summed E-state index contributed by atoms with van der Waals surface area (Å²) in [6.07, 6.45) is 7.98. The van der Waals surface area contributed by atoms with E-state index in [-0.39, 0.29) is 5.91 Å². The van der Waals surface area contributed by atoms with Gasteiger partial charge in [-0.2, -0.15) is 0 Å². The number of carbonyl (C=O) groups is 1. The molecule has 0 spiro atoms. The summed E-state index contributed by atoms with van der Waals surface area (Å²) in [7, 11) is 0. The summed E-state index contributed by atoms with van der Waals surface area (Å²) in [5.41, 5.74) is 1.85. The van der Waals surface area contributed by atoms with Gasteiger partial charge in [0.15, 0.2) is 5.11 Å². The Morgan fingerprint density at radius 1 is 1.32 bits per heavy atom. The first-order valence-electron chi connectivity index (χ1n) is 7.91. The highest BCUT2D eigenvalue weighted by Crippen LogP contribution is 2.27. The lowest BCUT2D eigenvalue weighted by molar-refractivity contribution is -0.120. The van der Waals surface area contributed by atoms with Gasteiger partial charge in [0.2, 0.25) is 5.91 Å². The number of carbonyl (C=O) groups excluding carboxylic acids is 1. The quantitative estimate of drug-likeness (QED) is 0.773. The molecule has 1 aromatic carbocycles. The highest BCUT2D eigenvalue weighted by atomic mass is 35.5. The molecule has 2 rings (SSSR count). The summed E-state index contributed by atoms with van der Waals surface area (Å²) < 4.78 is 0. The van der Waals surface area contributed by atoms with Crippen molar-refractivity contribution in [3.8, 4) is 0 Å². The van der Waals surface area contributed by atoms with Crippen LogP contribution in [0.4, 0.5) is 5.69 Å². The van der Waals surface area contributed by atoms with Crippen molar-refractivity contribution in [2.75, 3.05) is 5.32 Å². The maximum atomic E-state index is 12.0. The molecule has 0 radical (unpaired) electrons. The maximum Gasteiger partial charge on any atom is 0.226 e. The lowest BCUT2D eigenvalue weighted by atomic mass is 9.86. The van der Waals surface area contributed by atoms with Crippen LogP contribution in [0.2, 0.25) is 5.02 Å². The van der Waals surface area contributed by atoms with E-state index in [0.29, 0.717) is 22.5 Å². The van der Waals surface area contributed by atoms with Crippen molar-refractivity contribution in [2.45, 2.75) is 51.9 Å². The molecule has 1 aliphatic carbocycles. The molecular weight excluding hydrogens is 316 g/mol. The lowest BCUT2D eigenvalue weighted by Crippen LogP contribution is -2.34. The Morgan fingerprint density at radius 3 is 2.77 bits per heavy atom. The summed E-state index contributed by atoms with van der Waals surface area (Å²) in [4.78, 5) is 12.0. The highest BCUT2D eigenvalue weighted by molar-refractivity contribution is 7.80. The van der Waals surface area contributed by atoms with Crippen LogP contribution in [0.3, 0.4) is 0 Å². The van der Waals surface area contributed by atoms with Gasteiger partial charge < -0.3 is 10.6 Å². The van der Waals surface area contributed by atoms with Gasteiger partial charge in [0.1, 0.15) is 0 Å². The molecule has 0 atom stereocenters. The first-order valence-corrected chi connectivity index (χ1v) is 8.70. The van der Waals surface area contributed by atoms with Gasteiger partial charge >= 0.3 is 0 Å². The van der Waals surface area contributed by atoms with Crippen LogP contribution < -0.4 is 10.6 Å². The van der Waals surface area contributed by atoms with Gasteiger partial charge in [-0.25, -0.2) is 0 Å². The number of hydrogen-bond acceptors (Lipinski definition) is 2. The largest absolute Gasteiger partial charge is 0.332 e. The van der Waals surface area contributed by atoms with Gasteiger partial charge in [-0.05, 0) is 49.2 Å². The topological polar surface area (TPSA) is 41.1 Å². The molecule has 0 unspecified atom stereocenters. The first-order chi connectivity index (χ1) is 10.5. The molecule has 1 aromatic rings. The highest BCUT2D eigenvalue weighted by Gasteiger charge is 2.15. The standard InChI is InChI=1S/C17H23ClN2OS/c1-12-7-9-14(18)11-15(12)19-17(22)20-16(21)10-8-13-5-3-2-4-6-13/h7,9,11,13H,2-6,8,10H2,1H3,(H2,19,20,21,22). The Morgan fingerprint density at radius 2 is 2.05 bits per heavy atom. The van der Waals surface area contributed by atoms with Crippen LogP contribution in [0.5, 0.6) is 0 Å². The minimum absolute atomic E-state index is 0.0113. The number of halogens is 1. The normalized spacial score (nSPS) is 15.4. The van der Waals surface area contributed by atoms with E-state index in [1.165, 1.54) is 32.1 Å². The lowest BCUT2D eigenvalue weighted by Gasteiger charge is -2.21. The van der Waals surface area contributed by atoms with Crippen LogP contribution in [0.1, 0.15) is 50.5 Å². The molecule has 5 heteroatoms. The van der Waals surface area contributed by atoms with Crippen LogP contribution in [0.15, 0.2) is 18.2 Å². The van der Waals surface area contributed by atoms with Gasteiger partial charge in [0.25, 0.3) is 0 Å². The fraction of sp³-hybridized carbons (Fsp3) is 0.529. The third kappa shape index (κ3) is 5.58. The molecular formula is C17H23ClN2OS. The van der Waals surface area contributed by atoms with Crippen molar-refractivity contribution in [1.29, 1.82) is 0 Å². The molecule has 1 saturated carbocycles. The molecule has 0 saturated heterocycles. The van der Waals surface area contributed by atoms with Gasteiger partial charge in [0.05, 0.1) is 0 Å². The molecule has 120 valence electrons. The molecule has 3 nitrogen and oxygen atoms in total. The van der Waals surface area contributed by atoms with Gasteiger partial charge in [-0.3, -0.25) is 4.79 Å². The summed E-state index contributed by atoms with van der Waals surface area (Å²) in [6.45, 7) is 1.96. The van der Waals surface area contributed by atoms with Gasteiger partial charge in [-0.15, -0.1) is 0 Å². The van der Waals surface area contributed by atoms with E-state index in [1.54, 1.807) is 6.07 Å². The third-order valence-electron chi connectivity index (χ3n) is 4.21. The fourth-order valence-corrected chi connectivity index (χ4v) is 3.28. The summed E-state index contributed by atoms with van der Waals surface area (Å²) in [5.74, 6) is 0.693. The zero-order chi connectivity index (χ0) is 15.9. The van der Waals surface area contributed by atoms with E-state index < -0.39 is 0 Å². The van der Waals surface area contributed by atoms with Crippen LogP contribution in [-0.4, -0.2) is 11.0 Å². The van der Waals surface area contributed by atoms with E-state index in [1.807, 2.05) is 19.1 Å². The molecule has 1 fully saturated rings. The van der Waals surface area contributed by atoms with Crippen LogP contribution >= 0.6 is 23.8 Å². The Bertz CT molecular complexity index is 541. The van der Waals surface area contributed by atoms with E-state index in [2.05, 4.69) is 10.6 Å². The van der Waals surface area contributed by atoms with Crippen molar-refractivity contribution >= 4 is 40.5 Å². The summed E-state index contributed by atoms with van der Waals surface area (Å²) >= 11 is 11.2. The van der Waals surface area contributed by atoms with Gasteiger partial charge in [0, 0.05) is 17.1 Å². The summed E-state index contributed by atoms with van der Waals surface area (Å²) in [6, 6.07) is 5.55. The number of rotatable bonds is 4. The number of hydrogen-bond donors (Lipinski definition) is 2.